The highest BCUT2D eigenvalue weighted by atomic mass is 19.4. The SMILES string of the molecule is CC1CCC12C=C(C(=O)Nc1ccc(C(F)(F)F)cc1-c1cc(C(F)(F)F)ncn1)C(=O)NN2. The Hall–Kier alpha value is -3.48. The van der Waals surface area contributed by atoms with Crippen LogP contribution in [0.2, 0.25) is 0 Å². The van der Waals surface area contributed by atoms with E-state index in [1.54, 1.807) is 0 Å². The number of aromatic nitrogens is 2. The quantitative estimate of drug-likeness (QED) is 0.454. The molecule has 3 N–H and O–H groups in total. The second-order valence-electron chi connectivity index (χ2n) is 8.12. The van der Waals surface area contributed by atoms with Crippen LogP contribution in [0.5, 0.6) is 0 Å². The van der Waals surface area contributed by atoms with Crippen molar-refractivity contribution in [1.82, 2.24) is 20.8 Å². The van der Waals surface area contributed by atoms with E-state index in [1.807, 2.05) is 6.92 Å². The first-order valence-corrected chi connectivity index (χ1v) is 10.0. The largest absolute Gasteiger partial charge is 0.433 e. The van der Waals surface area contributed by atoms with Crippen molar-refractivity contribution in [3.8, 4) is 11.3 Å². The van der Waals surface area contributed by atoms with Gasteiger partial charge in [0.25, 0.3) is 11.8 Å². The summed E-state index contributed by atoms with van der Waals surface area (Å²) in [6, 6.07) is 2.61. The summed E-state index contributed by atoms with van der Waals surface area (Å²) in [6.07, 6.45) is -6.14. The van der Waals surface area contributed by atoms with E-state index >= 15 is 0 Å². The molecule has 34 heavy (non-hydrogen) atoms. The normalized spacial score (nSPS) is 22.6. The van der Waals surface area contributed by atoms with E-state index in [2.05, 4.69) is 26.1 Å². The summed E-state index contributed by atoms with van der Waals surface area (Å²) in [5, 5.41) is 2.34. The minimum absolute atomic E-state index is 0.110. The Morgan fingerprint density at radius 3 is 2.44 bits per heavy atom. The second-order valence-corrected chi connectivity index (χ2v) is 8.12. The first kappa shape index (κ1) is 23.7. The maximum atomic E-state index is 13.3. The minimum Gasteiger partial charge on any atom is -0.321 e. The molecule has 1 fully saturated rings. The number of benzene rings is 1. The van der Waals surface area contributed by atoms with E-state index in [-0.39, 0.29) is 17.2 Å². The van der Waals surface area contributed by atoms with Gasteiger partial charge in [-0.15, -0.1) is 0 Å². The zero-order valence-electron chi connectivity index (χ0n) is 17.4. The Morgan fingerprint density at radius 1 is 1.12 bits per heavy atom. The lowest BCUT2D eigenvalue weighted by atomic mass is 9.66. The average Bonchev–Trinajstić information content (AvgIpc) is 2.77. The van der Waals surface area contributed by atoms with Crippen molar-refractivity contribution in [1.29, 1.82) is 0 Å². The van der Waals surface area contributed by atoms with Crippen LogP contribution >= 0.6 is 0 Å². The number of nitrogens with one attached hydrogen (secondary N) is 3. The Morgan fingerprint density at radius 2 is 1.85 bits per heavy atom. The van der Waals surface area contributed by atoms with Gasteiger partial charge in [0.15, 0.2) is 0 Å². The molecule has 1 aliphatic heterocycles. The van der Waals surface area contributed by atoms with Crippen molar-refractivity contribution >= 4 is 17.5 Å². The van der Waals surface area contributed by atoms with Gasteiger partial charge in [0.2, 0.25) is 0 Å². The van der Waals surface area contributed by atoms with Crippen molar-refractivity contribution in [2.45, 2.75) is 37.7 Å². The van der Waals surface area contributed by atoms with E-state index in [1.165, 1.54) is 6.08 Å². The molecule has 2 aliphatic rings. The molecule has 0 bridgehead atoms. The van der Waals surface area contributed by atoms with Gasteiger partial charge in [-0.1, -0.05) is 6.92 Å². The average molecular weight is 485 g/mol. The molecule has 1 spiro atoms. The van der Waals surface area contributed by atoms with Crippen LogP contribution in [0.25, 0.3) is 11.3 Å². The van der Waals surface area contributed by atoms with Gasteiger partial charge in [-0.3, -0.25) is 15.0 Å². The smallest absolute Gasteiger partial charge is 0.321 e. The minimum atomic E-state index is -4.87. The van der Waals surface area contributed by atoms with Crippen LogP contribution in [0.1, 0.15) is 31.0 Å². The van der Waals surface area contributed by atoms with Crippen molar-refractivity contribution in [3.05, 3.63) is 53.5 Å². The topological polar surface area (TPSA) is 96.0 Å². The van der Waals surface area contributed by atoms with Crippen LogP contribution in [-0.4, -0.2) is 27.3 Å². The molecule has 2 unspecified atom stereocenters. The summed E-state index contributed by atoms with van der Waals surface area (Å²) in [5.74, 6) is -1.57. The molecule has 1 aromatic heterocycles. The number of hydrazine groups is 1. The lowest BCUT2D eigenvalue weighted by molar-refractivity contribution is -0.141. The van der Waals surface area contributed by atoms with Gasteiger partial charge >= 0.3 is 12.4 Å². The predicted octanol–water partition coefficient (Wildman–Crippen LogP) is 3.85. The van der Waals surface area contributed by atoms with E-state index in [0.29, 0.717) is 30.9 Å². The highest BCUT2D eigenvalue weighted by Gasteiger charge is 2.46. The number of carbonyl (C=O) groups is 2. The molecular weight excluding hydrogens is 468 g/mol. The van der Waals surface area contributed by atoms with Crippen LogP contribution < -0.4 is 16.2 Å². The molecule has 2 amide bonds. The first-order chi connectivity index (χ1) is 15.8. The number of amides is 2. The molecule has 7 nitrogen and oxygen atoms in total. The third-order valence-corrected chi connectivity index (χ3v) is 6.00. The molecule has 0 radical (unpaired) electrons. The molecule has 1 aromatic carbocycles. The second kappa shape index (κ2) is 8.08. The Bertz CT molecular complexity index is 1190. The standard InChI is InChI=1S/C21H17F6N5O2/c1-10-4-5-19(10)8-13(18(34)31-32-19)17(33)30-14-3-2-11(20(22,23)24)6-12(14)15-7-16(21(25,26)27)29-9-28-15/h2-3,6-10,32H,4-5H2,1H3,(H,30,33)(H,31,34). The summed E-state index contributed by atoms with van der Waals surface area (Å²) in [5.41, 5.74) is 0.680. The monoisotopic (exact) mass is 485 g/mol. The summed E-state index contributed by atoms with van der Waals surface area (Å²) >= 11 is 0. The van der Waals surface area contributed by atoms with E-state index < -0.39 is 52.2 Å². The molecule has 1 aliphatic carbocycles. The summed E-state index contributed by atoms with van der Waals surface area (Å²) in [6.45, 7) is 1.92. The van der Waals surface area contributed by atoms with Crippen LogP contribution in [0, 0.1) is 5.92 Å². The molecule has 4 rings (SSSR count). The Labute approximate surface area is 188 Å². The molecular formula is C21H17F6N5O2. The number of nitrogens with zero attached hydrogens (tertiary/aromatic N) is 2. The summed E-state index contributed by atoms with van der Waals surface area (Å²) in [7, 11) is 0. The van der Waals surface area contributed by atoms with Crippen LogP contribution in [0.3, 0.4) is 0 Å². The Balaban J connectivity index is 1.75. The highest BCUT2D eigenvalue weighted by molar-refractivity contribution is 6.23. The van der Waals surface area contributed by atoms with E-state index in [9.17, 15) is 35.9 Å². The fourth-order valence-corrected chi connectivity index (χ4v) is 3.80. The highest BCUT2D eigenvalue weighted by Crippen LogP contribution is 2.41. The molecule has 180 valence electrons. The maximum Gasteiger partial charge on any atom is 0.433 e. The van der Waals surface area contributed by atoms with Gasteiger partial charge in [-0.05, 0) is 49.1 Å². The van der Waals surface area contributed by atoms with E-state index in [0.717, 1.165) is 12.5 Å². The van der Waals surface area contributed by atoms with Gasteiger partial charge in [-0.25, -0.2) is 15.4 Å². The number of halogens is 6. The van der Waals surface area contributed by atoms with Gasteiger partial charge in [0.05, 0.1) is 22.5 Å². The van der Waals surface area contributed by atoms with Crippen LogP contribution in [0.15, 0.2) is 42.2 Å². The third kappa shape index (κ3) is 4.34. The summed E-state index contributed by atoms with van der Waals surface area (Å²) in [4.78, 5) is 31.9. The van der Waals surface area contributed by atoms with Gasteiger partial charge < -0.3 is 5.32 Å². The van der Waals surface area contributed by atoms with Crippen molar-refractivity contribution in [3.63, 3.8) is 0 Å². The zero-order chi connectivity index (χ0) is 24.9. The molecule has 13 heteroatoms. The lowest BCUT2D eigenvalue weighted by Crippen LogP contribution is -2.65. The van der Waals surface area contributed by atoms with Gasteiger partial charge in [0.1, 0.15) is 17.6 Å². The Kier molecular flexibility index (Phi) is 5.62. The number of carbonyl (C=O) groups excluding carboxylic acids is 2. The molecule has 0 saturated heterocycles. The number of hydrogen-bond acceptors (Lipinski definition) is 5. The fourth-order valence-electron chi connectivity index (χ4n) is 3.80. The van der Waals surface area contributed by atoms with Crippen molar-refractivity contribution < 1.29 is 35.9 Å². The van der Waals surface area contributed by atoms with Crippen LogP contribution in [0.4, 0.5) is 32.0 Å². The molecule has 2 heterocycles. The van der Waals surface area contributed by atoms with Crippen LogP contribution in [-0.2, 0) is 21.9 Å². The van der Waals surface area contributed by atoms with E-state index in [4.69, 9.17) is 0 Å². The van der Waals surface area contributed by atoms with Crippen molar-refractivity contribution in [2.24, 2.45) is 5.92 Å². The maximum absolute atomic E-state index is 13.3. The molecule has 2 atom stereocenters. The van der Waals surface area contributed by atoms with Gasteiger partial charge in [0, 0.05) is 5.56 Å². The predicted molar refractivity (Wildman–Crippen MR) is 107 cm³/mol. The van der Waals surface area contributed by atoms with Crippen molar-refractivity contribution in [2.75, 3.05) is 5.32 Å². The first-order valence-electron chi connectivity index (χ1n) is 10.0. The number of anilines is 1. The molecule has 2 aromatic rings. The third-order valence-electron chi connectivity index (χ3n) is 6.00. The fraction of sp³-hybridized carbons (Fsp3) is 0.333. The number of hydrogen-bond donors (Lipinski definition) is 3. The lowest BCUT2D eigenvalue weighted by Gasteiger charge is -2.48. The summed E-state index contributed by atoms with van der Waals surface area (Å²) < 4.78 is 79.1. The number of alkyl halides is 6. The molecule has 1 saturated carbocycles. The number of rotatable bonds is 3. The van der Waals surface area contributed by atoms with Gasteiger partial charge in [-0.2, -0.15) is 26.3 Å². The zero-order valence-corrected chi connectivity index (χ0v) is 17.4.